The van der Waals surface area contributed by atoms with Gasteiger partial charge in [0.2, 0.25) is 12.3 Å². The van der Waals surface area contributed by atoms with Crippen LogP contribution in [-0.4, -0.2) is 5.78 Å². The Morgan fingerprint density at radius 3 is 2.43 bits per heavy atom. The molecule has 21 heavy (non-hydrogen) atoms. The van der Waals surface area contributed by atoms with Gasteiger partial charge in [-0.05, 0) is 23.6 Å². The van der Waals surface area contributed by atoms with Crippen molar-refractivity contribution in [2.24, 2.45) is 0 Å². The quantitative estimate of drug-likeness (QED) is 0.519. The van der Waals surface area contributed by atoms with E-state index in [0.717, 1.165) is 21.1 Å². The van der Waals surface area contributed by atoms with Crippen molar-refractivity contribution in [1.82, 2.24) is 0 Å². The number of carbonyl (C=O) groups excluding carboxylic acids is 1. The van der Waals surface area contributed by atoms with E-state index in [9.17, 15) is 4.79 Å². The summed E-state index contributed by atoms with van der Waals surface area (Å²) < 4.78 is 2.99. The SMILES string of the molecule is Cc1cc2ccccc2c[n+]1CC(=O)c1ccc(Br)cc1. The molecule has 3 rings (SSSR count). The lowest BCUT2D eigenvalue weighted by Gasteiger charge is -2.03. The summed E-state index contributed by atoms with van der Waals surface area (Å²) >= 11 is 3.38. The third-order valence-corrected chi connectivity index (χ3v) is 4.12. The van der Waals surface area contributed by atoms with Crippen molar-refractivity contribution in [2.45, 2.75) is 13.5 Å². The maximum Gasteiger partial charge on any atom is 0.227 e. The van der Waals surface area contributed by atoms with E-state index in [1.807, 2.05) is 54.1 Å². The van der Waals surface area contributed by atoms with Crippen molar-refractivity contribution in [3.63, 3.8) is 0 Å². The molecular weight excluding hydrogens is 326 g/mol. The minimum Gasteiger partial charge on any atom is -0.287 e. The largest absolute Gasteiger partial charge is 0.287 e. The number of aromatic nitrogens is 1. The van der Waals surface area contributed by atoms with Crippen LogP contribution in [0.25, 0.3) is 10.8 Å². The zero-order chi connectivity index (χ0) is 14.8. The maximum atomic E-state index is 12.4. The van der Waals surface area contributed by atoms with Crippen LogP contribution in [0.4, 0.5) is 0 Å². The van der Waals surface area contributed by atoms with Crippen molar-refractivity contribution >= 4 is 32.5 Å². The minimum atomic E-state index is 0.117. The Bertz CT molecular complexity index is 809. The molecule has 0 aliphatic rings. The second-order valence-corrected chi connectivity index (χ2v) is 6.02. The van der Waals surface area contributed by atoms with E-state index in [2.05, 4.69) is 34.1 Å². The van der Waals surface area contributed by atoms with Gasteiger partial charge in [0.05, 0.1) is 0 Å². The number of rotatable bonds is 3. The highest BCUT2D eigenvalue weighted by Crippen LogP contribution is 2.13. The predicted molar refractivity (Wildman–Crippen MR) is 87.4 cm³/mol. The highest BCUT2D eigenvalue weighted by atomic mass is 79.9. The topological polar surface area (TPSA) is 20.9 Å². The zero-order valence-corrected chi connectivity index (χ0v) is 13.3. The fourth-order valence-electron chi connectivity index (χ4n) is 2.39. The van der Waals surface area contributed by atoms with Gasteiger partial charge in [-0.3, -0.25) is 4.79 Å². The minimum absolute atomic E-state index is 0.117. The molecule has 0 saturated heterocycles. The Kier molecular flexibility index (Phi) is 3.84. The van der Waals surface area contributed by atoms with Gasteiger partial charge in [-0.1, -0.05) is 46.3 Å². The molecule has 3 heteroatoms. The zero-order valence-electron chi connectivity index (χ0n) is 11.7. The first-order valence-corrected chi connectivity index (χ1v) is 7.60. The van der Waals surface area contributed by atoms with Gasteiger partial charge in [-0.15, -0.1) is 0 Å². The van der Waals surface area contributed by atoms with Gasteiger partial charge in [0.25, 0.3) is 0 Å². The number of hydrogen-bond acceptors (Lipinski definition) is 1. The number of Topliss-reactive ketones (excluding diaryl/α,β-unsaturated/α-hetero) is 1. The molecule has 104 valence electrons. The summed E-state index contributed by atoms with van der Waals surface area (Å²) in [5, 5.41) is 2.34. The van der Waals surface area contributed by atoms with E-state index < -0.39 is 0 Å². The van der Waals surface area contributed by atoms with Crippen LogP contribution in [0.2, 0.25) is 0 Å². The molecule has 0 aliphatic heterocycles. The van der Waals surface area contributed by atoms with Gasteiger partial charge in [-0.25, -0.2) is 0 Å². The van der Waals surface area contributed by atoms with Crippen LogP contribution in [0.3, 0.4) is 0 Å². The molecule has 0 amide bonds. The molecule has 0 N–H and O–H groups in total. The molecule has 0 saturated carbocycles. The molecule has 1 aromatic heterocycles. The average molecular weight is 341 g/mol. The number of ketones is 1. The van der Waals surface area contributed by atoms with Crippen LogP contribution in [0.5, 0.6) is 0 Å². The summed E-state index contributed by atoms with van der Waals surface area (Å²) in [5.74, 6) is 0.117. The number of halogens is 1. The monoisotopic (exact) mass is 340 g/mol. The van der Waals surface area contributed by atoms with E-state index in [1.54, 1.807) is 0 Å². The van der Waals surface area contributed by atoms with E-state index in [0.29, 0.717) is 6.54 Å². The fraction of sp³-hybridized carbons (Fsp3) is 0.111. The van der Waals surface area contributed by atoms with E-state index in [-0.39, 0.29) is 5.78 Å². The molecule has 1 heterocycles. The molecule has 2 aromatic carbocycles. The molecule has 0 spiro atoms. The van der Waals surface area contributed by atoms with E-state index >= 15 is 0 Å². The van der Waals surface area contributed by atoms with Crippen molar-refractivity contribution < 1.29 is 9.36 Å². The summed E-state index contributed by atoms with van der Waals surface area (Å²) in [4.78, 5) is 12.4. The Hall–Kier alpha value is -2.00. The van der Waals surface area contributed by atoms with Crippen molar-refractivity contribution in [3.05, 3.63) is 76.5 Å². The highest BCUT2D eigenvalue weighted by Gasteiger charge is 2.15. The van der Waals surface area contributed by atoms with E-state index in [4.69, 9.17) is 0 Å². The molecular formula is C18H15BrNO+. The number of aryl methyl sites for hydroxylation is 1. The highest BCUT2D eigenvalue weighted by molar-refractivity contribution is 9.10. The number of carbonyl (C=O) groups is 1. The molecule has 0 radical (unpaired) electrons. The van der Waals surface area contributed by atoms with Gasteiger partial charge in [0.15, 0.2) is 11.9 Å². The number of fused-ring (bicyclic) bond motifs is 1. The molecule has 0 aliphatic carbocycles. The van der Waals surface area contributed by atoms with Crippen molar-refractivity contribution in [3.8, 4) is 0 Å². The van der Waals surface area contributed by atoms with Gasteiger partial charge in [0.1, 0.15) is 0 Å². The lowest BCUT2D eigenvalue weighted by molar-refractivity contribution is -0.687. The Balaban J connectivity index is 1.92. The molecule has 0 atom stereocenters. The summed E-state index contributed by atoms with van der Waals surface area (Å²) in [6.45, 7) is 2.39. The standard InChI is InChI=1S/C18H15BrNO/c1-13-10-15-4-2-3-5-16(15)11-20(13)12-18(21)14-6-8-17(19)9-7-14/h2-11H,12H2,1H3/q+1. The van der Waals surface area contributed by atoms with Crippen LogP contribution >= 0.6 is 15.9 Å². The van der Waals surface area contributed by atoms with Gasteiger partial charge < -0.3 is 0 Å². The lowest BCUT2D eigenvalue weighted by atomic mass is 10.1. The number of pyridine rings is 1. The first-order valence-electron chi connectivity index (χ1n) is 6.81. The first-order chi connectivity index (χ1) is 10.1. The molecule has 3 aromatic rings. The van der Waals surface area contributed by atoms with Gasteiger partial charge in [-0.2, -0.15) is 4.57 Å². The predicted octanol–water partition coefficient (Wildman–Crippen LogP) is 4.08. The van der Waals surface area contributed by atoms with Gasteiger partial charge >= 0.3 is 0 Å². The van der Waals surface area contributed by atoms with Crippen molar-refractivity contribution in [1.29, 1.82) is 0 Å². The van der Waals surface area contributed by atoms with Crippen LogP contribution in [0, 0.1) is 6.92 Å². The second-order valence-electron chi connectivity index (χ2n) is 5.10. The lowest BCUT2D eigenvalue weighted by Crippen LogP contribution is -2.40. The Labute approximate surface area is 132 Å². The summed E-state index contributed by atoms with van der Waals surface area (Å²) in [6, 6.07) is 17.8. The summed E-state index contributed by atoms with van der Waals surface area (Å²) in [6.07, 6.45) is 2.04. The van der Waals surface area contributed by atoms with Crippen LogP contribution in [-0.2, 0) is 6.54 Å². The number of nitrogens with zero attached hydrogens (tertiary/aromatic N) is 1. The first kappa shape index (κ1) is 14.0. The average Bonchev–Trinajstić information content (AvgIpc) is 2.48. The summed E-state index contributed by atoms with van der Waals surface area (Å²) in [7, 11) is 0. The second kappa shape index (κ2) is 5.78. The fourth-order valence-corrected chi connectivity index (χ4v) is 2.65. The molecule has 0 unspecified atom stereocenters. The molecule has 0 fully saturated rings. The third-order valence-electron chi connectivity index (χ3n) is 3.59. The molecule has 2 nitrogen and oxygen atoms in total. The van der Waals surface area contributed by atoms with Gasteiger partial charge in [0, 0.05) is 28.4 Å². The Morgan fingerprint density at radius 2 is 1.71 bits per heavy atom. The maximum absolute atomic E-state index is 12.4. The molecule has 0 bridgehead atoms. The van der Waals surface area contributed by atoms with Crippen LogP contribution in [0.1, 0.15) is 16.1 Å². The third kappa shape index (κ3) is 3.03. The Morgan fingerprint density at radius 1 is 1.05 bits per heavy atom. The normalized spacial score (nSPS) is 10.8. The summed E-state index contributed by atoms with van der Waals surface area (Å²) in [5.41, 5.74) is 1.82. The number of hydrogen-bond donors (Lipinski definition) is 0. The van der Waals surface area contributed by atoms with Crippen LogP contribution < -0.4 is 4.57 Å². The smallest absolute Gasteiger partial charge is 0.227 e. The van der Waals surface area contributed by atoms with Crippen LogP contribution in [0.15, 0.2) is 65.3 Å². The van der Waals surface area contributed by atoms with Crippen molar-refractivity contribution in [2.75, 3.05) is 0 Å². The number of benzene rings is 2. The van der Waals surface area contributed by atoms with E-state index in [1.165, 1.54) is 5.39 Å².